The van der Waals surface area contributed by atoms with E-state index in [1.165, 1.54) is 25.7 Å². The van der Waals surface area contributed by atoms with Crippen LogP contribution < -0.4 is 10.2 Å². The molecule has 0 radical (unpaired) electrons. The molecular weight excluding hydrogens is 252 g/mol. The second-order valence-electron chi connectivity index (χ2n) is 5.75. The van der Waals surface area contributed by atoms with Crippen LogP contribution in [-0.2, 0) is 0 Å². The number of anilines is 1. The van der Waals surface area contributed by atoms with Crippen molar-refractivity contribution in [3.63, 3.8) is 0 Å². The standard InChI is InChI=1S/C15H28N4O/c1-4-11-16-13-10-8-6-7-9-12(13)14-17-15(18-20-14)19(3)5-2/h12-13,16H,4-11H2,1-3H3. The van der Waals surface area contributed by atoms with Gasteiger partial charge >= 0.3 is 0 Å². The summed E-state index contributed by atoms with van der Waals surface area (Å²) >= 11 is 0. The highest BCUT2D eigenvalue weighted by Gasteiger charge is 2.29. The lowest BCUT2D eigenvalue weighted by Crippen LogP contribution is -2.35. The SMILES string of the molecule is CCCNC1CCCCCC1c1nc(N(C)CC)no1. The quantitative estimate of drug-likeness (QED) is 0.812. The van der Waals surface area contributed by atoms with Crippen LogP contribution in [0.5, 0.6) is 0 Å². The van der Waals surface area contributed by atoms with Gasteiger partial charge in [0.05, 0.1) is 5.92 Å². The lowest BCUT2D eigenvalue weighted by atomic mass is 9.94. The third-order valence-corrected chi connectivity index (χ3v) is 4.24. The summed E-state index contributed by atoms with van der Waals surface area (Å²) in [5.41, 5.74) is 0. The van der Waals surface area contributed by atoms with Gasteiger partial charge in [-0.15, -0.1) is 0 Å². The number of hydrogen-bond acceptors (Lipinski definition) is 5. The summed E-state index contributed by atoms with van der Waals surface area (Å²) in [6.45, 7) is 6.26. The average molecular weight is 280 g/mol. The molecule has 0 saturated heterocycles. The Morgan fingerprint density at radius 1 is 1.25 bits per heavy atom. The van der Waals surface area contributed by atoms with Crippen molar-refractivity contribution in [2.24, 2.45) is 0 Å². The number of rotatable bonds is 6. The molecule has 5 nitrogen and oxygen atoms in total. The van der Waals surface area contributed by atoms with Crippen molar-refractivity contribution in [1.82, 2.24) is 15.5 Å². The minimum absolute atomic E-state index is 0.371. The van der Waals surface area contributed by atoms with Gasteiger partial charge in [-0.25, -0.2) is 0 Å². The smallest absolute Gasteiger partial charge is 0.265 e. The van der Waals surface area contributed by atoms with Crippen LogP contribution in [0.3, 0.4) is 0 Å². The molecule has 2 rings (SSSR count). The van der Waals surface area contributed by atoms with Gasteiger partial charge < -0.3 is 14.7 Å². The Balaban J connectivity index is 2.10. The molecule has 1 aromatic heterocycles. The highest BCUT2D eigenvalue weighted by molar-refractivity contribution is 5.26. The molecule has 1 saturated carbocycles. The van der Waals surface area contributed by atoms with E-state index in [9.17, 15) is 0 Å². The van der Waals surface area contributed by atoms with E-state index in [4.69, 9.17) is 4.52 Å². The third-order valence-electron chi connectivity index (χ3n) is 4.24. The van der Waals surface area contributed by atoms with Crippen LogP contribution in [0.25, 0.3) is 0 Å². The van der Waals surface area contributed by atoms with Crippen molar-refractivity contribution in [3.05, 3.63) is 5.89 Å². The second-order valence-corrected chi connectivity index (χ2v) is 5.75. The predicted octanol–water partition coefficient (Wildman–Crippen LogP) is 2.94. The summed E-state index contributed by atoms with van der Waals surface area (Å²) in [6, 6.07) is 0.484. The lowest BCUT2D eigenvalue weighted by molar-refractivity contribution is 0.304. The molecule has 1 aliphatic rings. The molecule has 1 aromatic rings. The van der Waals surface area contributed by atoms with Crippen molar-refractivity contribution >= 4 is 5.95 Å². The molecule has 20 heavy (non-hydrogen) atoms. The van der Waals surface area contributed by atoms with Crippen molar-refractivity contribution in [2.75, 3.05) is 25.0 Å². The van der Waals surface area contributed by atoms with Crippen LogP contribution in [0.1, 0.15) is 64.2 Å². The van der Waals surface area contributed by atoms with Gasteiger partial charge in [-0.05, 0) is 37.9 Å². The second kappa shape index (κ2) is 7.62. The zero-order valence-electron chi connectivity index (χ0n) is 13.1. The van der Waals surface area contributed by atoms with Gasteiger partial charge in [-0.3, -0.25) is 0 Å². The molecule has 2 atom stereocenters. The third kappa shape index (κ3) is 3.72. The van der Waals surface area contributed by atoms with Gasteiger partial charge in [0.25, 0.3) is 5.95 Å². The zero-order valence-corrected chi connectivity index (χ0v) is 13.1. The maximum absolute atomic E-state index is 5.55. The molecule has 0 bridgehead atoms. The number of hydrogen-bond donors (Lipinski definition) is 1. The Hall–Kier alpha value is -1.10. The Bertz CT molecular complexity index is 393. The van der Waals surface area contributed by atoms with Crippen LogP contribution in [0, 0.1) is 0 Å². The monoisotopic (exact) mass is 280 g/mol. The predicted molar refractivity (Wildman–Crippen MR) is 81.1 cm³/mol. The maximum atomic E-state index is 5.55. The van der Waals surface area contributed by atoms with Gasteiger partial charge in [0.1, 0.15) is 0 Å². The molecule has 1 aliphatic carbocycles. The Labute approximate surface area is 122 Å². The first kappa shape index (κ1) is 15.3. The maximum Gasteiger partial charge on any atom is 0.265 e. The fourth-order valence-electron chi connectivity index (χ4n) is 2.85. The molecule has 1 N–H and O–H groups in total. The van der Waals surface area contributed by atoms with E-state index in [0.29, 0.717) is 17.9 Å². The summed E-state index contributed by atoms with van der Waals surface area (Å²) in [5.74, 6) is 1.90. The van der Waals surface area contributed by atoms with Crippen LogP contribution in [-0.4, -0.2) is 36.3 Å². The van der Waals surface area contributed by atoms with E-state index in [1.54, 1.807) is 0 Å². The molecule has 0 amide bonds. The van der Waals surface area contributed by atoms with E-state index in [2.05, 4.69) is 29.3 Å². The molecule has 5 heteroatoms. The van der Waals surface area contributed by atoms with E-state index >= 15 is 0 Å². The van der Waals surface area contributed by atoms with Crippen molar-refractivity contribution in [1.29, 1.82) is 0 Å². The van der Waals surface area contributed by atoms with Gasteiger partial charge in [-0.2, -0.15) is 4.98 Å². The molecule has 2 unspecified atom stereocenters. The molecule has 1 fully saturated rings. The fourth-order valence-corrected chi connectivity index (χ4v) is 2.85. The van der Waals surface area contributed by atoms with Gasteiger partial charge in [0.2, 0.25) is 5.89 Å². The minimum Gasteiger partial charge on any atom is -0.342 e. The number of nitrogens with zero attached hydrogens (tertiary/aromatic N) is 3. The Morgan fingerprint density at radius 2 is 2.05 bits per heavy atom. The minimum atomic E-state index is 0.371. The molecule has 1 heterocycles. The first-order valence-corrected chi connectivity index (χ1v) is 8.04. The highest BCUT2D eigenvalue weighted by atomic mass is 16.5. The van der Waals surface area contributed by atoms with Crippen LogP contribution in [0.4, 0.5) is 5.95 Å². The molecule has 0 spiro atoms. The number of nitrogens with one attached hydrogen (secondary N) is 1. The summed E-state index contributed by atoms with van der Waals surface area (Å²) in [6.07, 6.45) is 7.41. The summed E-state index contributed by atoms with van der Waals surface area (Å²) < 4.78 is 5.55. The van der Waals surface area contributed by atoms with E-state index in [1.807, 2.05) is 11.9 Å². The van der Waals surface area contributed by atoms with E-state index in [0.717, 1.165) is 31.8 Å². The van der Waals surface area contributed by atoms with E-state index in [-0.39, 0.29) is 0 Å². The first-order chi connectivity index (χ1) is 9.76. The molecular formula is C15H28N4O. The van der Waals surface area contributed by atoms with Crippen molar-refractivity contribution in [2.45, 2.75) is 64.3 Å². The normalized spacial score (nSPS) is 23.6. The average Bonchev–Trinajstić information content (AvgIpc) is 2.84. The van der Waals surface area contributed by atoms with Gasteiger partial charge in [0.15, 0.2) is 0 Å². The van der Waals surface area contributed by atoms with Gasteiger partial charge in [-0.1, -0.05) is 26.2 Å². The van der Waals surface area contributed by atoms with Crippen molar-refractivity contribution in [3.8, 4) is 0 Å². The molecule has 0 aliphatic heterocycles. The van der Waals surface area contributed by atoms with Crippen LogP contribution >= 0.6 is 0 Å². The molecule has 0 aromatic carbocycles. The molecule has 114 valence electrons. The summed E-state index contributed by atoms with van der Waals surface area (Å²) in [7, 11) is 1.99. The largest absolute Gasteiger partial charge is 0.342 e. The first-order valence-electron chi connectivity index (χ1n) is 8.04. The summed E-state index contributed by atoms with van der Waals surface area (Å²) in [5, 5.41) is 7.79. The Morgan fingerprint density at radius 3 is 2.80 bits per heavy atom. The van der Waals surface area contributed by atoms with Crippen molar-refractivity contribution < 1.29 is 4.52 Å². The Kier molecular flexibility index (Phi) is 5.83. The topological polar surface area (TPSA) is 54.2 Å². The fraction of sp³-hybridized carbons (Fsp3) is 0.867. The van der Waals surface area contributed by atoms with E-state index < -0.39 is 0 Å². The highest BCUT2D eigenvalue weighted by Crippen LogP contribution is 2.31. The summed E-state index contributed by atoms with van der Waals surface area (Å²) in [4.78, 5) is 6.62. The van der Waals surface area contributed by atoms with Gasteiger partial charge in [0, 0.05) is 19.6 Å². The lowest BCUT2D eigenvalue weighted by Gasteiger charge is -2.23. The number of aromatic nitrogens is 2. The van der Waals surface area contributed by atoms with Crippen LogP contribution in [0.2, 0.25) is 0 Å². The van der Waals surface area contributed by atoms with Crippen LogP contribution in [0.15, 0.2) is 4.52 Å². The zero-order chi connectivity index (χ0) is 14.4.